The summed E-state index contributed by atoms with van der Waals surface area (Å²) in [6, 6.07) is 18.5. The van der Waals surface area contributed by atoms with Gasteiger partial charge < -0.3 is 19.5 Å². The zero-order valence-corrected chi connectivity index (χ0v) is 26.2. The molecule has 3 heterocycles. The number of rotatable bonds is 8. The van der Waals surface area contributed by atoms with Gasteiger partial charge in [0.2, 0.25) is 5.91 Å². The normalized spacial score (nSPS) is 16.1. The number of piperidine rings is 1. The first-order chi connectivity index (χ1) is 22.5. The van der Waals surface area contributed by atoms with Gasteiger partial charge in [-0.2, -0.15) is 13.2 Å². The Morgan fingerprint density at radius 3 is 2.40 bits per heavy atom. The molecule has 1 aromatic heterocycles. The Balaban J connectivity index is 1.19. The minimum atomic E-state index is -4.62. The van der Waals surface area contributed by atoms with E-state index in [0.29, 0.717) is 24.4 Å². The molecule has 0 spiro atoms. The van der Waals surface area contributed by atoms with Crippen LogP contribution in [0.2, 0.25) is 5.02 Å². The van der Waals surface area contributed by atoms with Crippen LogP contribution in [0.4, 0.5) is 18.9 Å². The van der Waals surface area contributed by atoms with Gasteiger partial charge in [0.15, 0.2) is 11.2 Å². The average Bonchev–Trinajstić information content (AvgIpc) is 3.45. The highest BCUT2D eigenvalue weighted by molar-refractivity contribution is 6.30. The minimum absolute atomic E-state index is 0.106. The lowest BCUT2D eigenvalue weighted by molar-refractivity contribution is -0.137. The molecule has 0 unspecified atom stereocenters. The van der Waals surface area contributed by atoms with Crippen molar-refractivity contribution < 1.29 is 27.2 Å². The van der Waals surface area contributed by atoms with Gasteiger partial charge in [-0.3, -0.25) is 14.4 Å². The monoisotopic (exact) mass is 663 g/mol. The number of para-hydroxylation sites is 1. The van der Waals surface area contributed by atoms with Gasteiger partial charge in [-0.15, -0.1) is 0 Å². The summed E-state index contributed by atoms with van der Waals surface area (Å²) < 4.78 is 45.1. The number of anilines is 1. The molecule has 7 nitrogen and oxygen atoms in total. The zero-order chi connectivity index (χ0) is 33.1. The van der Waals surface area contributed by atoms with E-state index in [1.807, 2.05) is 35.2 Å². The van der Waals surface area contributed by atoms with Gasteiger partial charge >= 0.3 is 6.18 Å². The quantitative estimate of drug-likeness (QED) is 0.203. The van der Waals surface area contributed by atoms with Gasteiger partial charge in [0.1, 0.15) is 5.58 Å². The van der Waals surface area contributed by atoms with E-state index >= 15 is 0 Å². The molecular formula is C36H33ClF3N3O4. The fourth-order valence-corrected chi connectivity index (χ4v) is 6.35. The highest BCUT2D eigenvalue weighted by Gasteiger charge is 2.31. The second-order valence-corrected chi connectivity index (χ2v) is 12.4. The van der Waals surface area contributed by atoms with E-state index < -0.39 is 29.1 Å². The summed E-state index contributed by atoms with van der Waals surface area (Å²) in [5, 5.41) is 3.29. The van der Waals surface area contributed by atoms with Gasteiger partial charge in [0.05, 0.1) is 17.0 Å². The smallest absolute Gasteiger partial charge is 0.416 e. The lowest BCUT2D eigenvalue weighted by Gasteiger charge is -2.33. The Morgan fingerprint density at radius 1 is 0.957 bits per heavy atom. The molecule has 0 saturated carbocycles. The fraction of sp³-hybridized carbons (Fsp3) is 0.306. The van der Waals surface area contributed by atoms with Crippen molar-refractivity contribution in [2.45, 2.75) is 50.9 Å². The van der Waals surface area contributed by atoms with Crippen LogP contribution in [0.25, 0.3) is 11.0 Å². The van der Waals surface area contributed by atoms with Crippen molar-refractivity contribution in [2.24, 2.45) is 0 Å². The number of nitrogens with one attached hydrogen (secondary N) is 1. The van der Waals surface area contributed by atoms with Crippen molar-refractivity contribution in [3.8, 4) is 0 Å². The van der Waals surface area contributed by atoms with Gasteiger partial charge in [0, 0.05) is 49.4 Å². The van der Waals surface area contributed by atoms with E-state index in [4.69, 9.17) is 16.0 Å². The highest BCUT2D eigenvalue weighted by Crippen LogP contribution is 2.31. The summed E-state index contributed by atoms with van der Waals surface area (Å²) in [7, 11) is 0. The second kappa shape index (κ2) is 13.7. The third kappa shape index (κ3) is 7.71. The lowest BCUT2D eigenvalue weighted by atomic mass is 9.97. The molecule has 2 aliphatic heterocycles. The highest BCUT2D eigenvalue weighted by atomic mass is 35.5. The molecule has 6 rings (SSSR count). The lowest BCUT2D eigenvalue weighted by Crippen LogP contribution is -2.37. The molecule has 1 atom stereocenters. The van der Waals surface area contributed by atoms with Crippen molar-refractivity contribution in [2.75, 3.05) is 24.5 Å². The number of nitrogens with zero attached hydrogens (tertiary/aromatic N) is 2. The van der Waals surface area contributed by atoms with Crippen LogP contribution in [-0.2, 0) is 23.9 Å². The number of carbonyl (C=O) groups is 2. The summed E-state index contributed by atoms with van der Waals surface area (Å²) in [5.41, 5.74) is 2.51. The largest absolute Gasteiger partial charge is 0.451 e. The van der Waals surface area contributed by atoms with Crippen LogP contribution in [-0.4, -0.2) is 42.4 Å². The summed E-state index contributed by atoms with van der Waals surface area (Å²) in [6.07, 6.45) is 0.870. The molecule has 47 heavy (non-hydrogen) atoms. The van der Waals surface area contributed by atoms with Crippen LogP contribution >= 0.6 is 11.6 Å². The fourth-order valence-electron chi connectivity index (χ4n) is 6.23. The van der Waals surface area contributed by atoms with E-state index in [1.54, 1.807) is 12.1 Å². The molecule has 0 radical (unpaired) electrons. The summed E-state index contributed by atoms with van der Waals surface area (Å²) in [4.78, 5) is 42.6. The molecule has 0 aliphatic carbocycles. The Kier molecular flexibility index (Phi) is 9.40. The number of amides is 2. The van der Waals surface area contributed by atoms with Gasteiger partial charge in [0.25, 0.3) is 5.91 Å². The van der Waals surface area contributed by atoms with Crippen molar-refractivity contribution >= 4 is 40.1 Å². The maximum absolute atomic E-state index is 13.4. The molecule has 1 N–H and O–H groups in total. The van der Waals surface area contributed by atoms with Crippen LogP contribution in [0.15, 0.2) is 93.7 Å². The first kappa shape index (κ1) is 32.4. The Morgan fingerprint density at radius 2 is 1.70 bits per heavy atom. The topological polar surface area (TPSA) is 82.9 Å². The van der Waals surface area contributed by atoms with Crippen LogP contribution in [0.3, 0.4) is 0 Å². The first-order valence-electron chi connectivity index (χ1n) is 15.5. The Labute approximate surface area is 274 Å². The number of carbonyl (C=O) groups excluding carboxylic acids is 2. The van der Waals surface area contributed by atoms with Crippen LogP contribution in [0.1, 0.15) is 52.9 Å². The number of fused-ring (bicyclic) bond motifs is 1. The Bertz CT molecular complexity index is 1880. The summed E-state index contributed by atoms with van der Waals surface area (Å²) >= 11 is 6.09. The van der Waals surface area contributed by atoms with Crippen molar-refractivity contribution in [3.63, 3.8) is 0 Å². The molecule has 2 saturated heterocycles. The zero-order valence-electron chi connectivity index (χ0n) is 25.5. The SMILES string of the molecule is O=C(N[C@@H](C=C1CCN(c2ccccc2CN2CCCC2=O)CC1)Cc1ccc(Cl)cc1)c1cc(=O)c2cc(C(F)(F)F)ccc2o1. The van der Waals surface area contributed by atoms with Crippen LogP contribution in [0.5, 0.6) is 0 Å². The van der Waals surface area contributed by atoms with Gasteiger partial charge in [-0.05, 0) is 73.2 Å². The van der Waals surface area contributed by atoms with E-state index in [0.717, 1.165) is 85.5 Å². The number of likely N-dealkylation sites (tertiary alicyclic amines) is 1. The number of halogens is 4. The molecule has 11 heteroatoms. The Hall–Kier alpha value is -4.57. The number of hydrogen-bond acceptors (Lipinski definition) is 5. The summed E-state index contributed by atoms with van der Waals surface area (Å²) in [5.74, 6) is -0.747. The van der Waals surface area contributed by atoms with Gasteiger partial charge in [-0.25, -0.2) is 0 Å². The molecule has 2 aliphatic rings. The standard InChI is InChI=1S/C36H33ClF3N3O4/c37-27-10-7-23(8-11-27)18-28(41-35(46)33-21-31(44)29-20-26(36(38,39)40)9-12-32(29)47-33)19-24-13-16-42(17-14-24)30-5-2-1-4-25(30)22-43-15-3-6-34(43)45/h1-2,4-5,7-12,19-21,28H,3,6,13-18,22H2,(H,41,46)/t28-/m1/s1. The van der Waals surface area contributed by atoms with Crippen molar-refractivity contribution in [1.29, 1.82) is 0 Å². The maximum Gasteiger partial charge on any atom is 0.416 e. The van der Waals surface area contributed by atoms with E-state index in [1.165, 1.54) is 0 Å². The molecule has 3 aromatic carbocycles. The molecule has 244 valence electrons. The molecular weight excluding hydrogens is 631 g/mol. The predicted octanol–water partition coefficient (Wildman–Crippen LogP) is 7.16. The third-order valence-electron chi connectivity index (χ3n) is 8.67. The van der Waals surface area contributed by atoms with Crippen LogP contribution < -0.4 is 15.6 Å². The molecule has 0 bridgehead atoms. The predicted molar refractivity (Wildman–Crippen MR) is 175 cm³/mol. The first-order valence-corrected chi connectivity index (χ1v) is 15.9. The van der Waals surface area contributed by atoms with Gasteiger partial charge in [-0.1, -0.05) is 53.6 Å². The summed E-state index contributed by atoms with van der Waals surface area (Å²) in [6.45, 7) is 2.90. The average molecular weight is 664 g/mol. The minimum Gasteiger partial charge on any atom is -0.451 e. The third-order valence-corrected chi connectivity index (χ3v) is 8.92. The van der Waals surface area contributed by atoms with E-state index in [-0.39, 0.29) is 22.6 Å². The molecule has 2 fully saturated rings. The molecule has 2 amide bonds. The maximum atomic E-state index is 13.4. The van der Waals surface area contributed by atoms with E-state index in [9.17, 15) is 27.6 Å². The molecule has 4 aromatic rings. The van der Waals surface area contributed by atoms with Crippen molar-refractivity contribution in [3.05, 3.63) is 122 Å². The number of alkyl halides is 3. The van der Waals surface area contributed by atoms with E-state index in [2.05, 4.69) is 22.3 Å². The number of benzene rings is 3. The van der Waals surface area contributed by atoms with Crippen LogP contribution in [0, 0.1) is 0 Å². The van der Waals surface area contributed by atoms with Crippen molar-refractivity contribution in [1.82, 2.24) is 10.2 Å². The second-order valence-electron chi connectivity index (χ2n) is 12.0. The number of hydrogen-bond donors (Lipinski definition) is 1.